The molecule has 0 atom stereocenters. The van der Waals surface area contributed by atoms with Gasteiger partial charge < -0.3 is 4.90 Å². The van der Waals surface area contributed by atoms with Crippen molar-refractivity contribution < 1.29 is 4.79 Å². The number of amides is 1. The highest BCUT2D eigenvalue weighted by Gasteiger charge is 2.10. The van der Waals surface area contributed by atoms with Crippen molar-refractivity contribution in [1.82, 2.24) is 9.62 Å². The van der Waals surface area contributed by atoms with Crippen LogP contribution in [0.1, 0.15) is 0 Å². The number of likely N-dealkylation sites (N-methyl/N-ethyl adjacent to an activating group) is 1. The lowest BCUT2D eigenvalue weighted by Crippen LogP contribution is -2.31. The maximum absolute atomic E-state index is 10.9. The van der Waals surface area contributed by atoms with Gasteiger partial charge in [0, 0.05) is 19.3 Å². The van der Waals surface area contributed by atoms with Crippen LogP contribution in [0.3, 0.4) is 0 Å². The Labute approximate surface area is 58.9 Å². The lowest BCUT2D eigenvalue weighted by atomic mass is 10.5. The minimum absolute atomic E-state index is 0.181. The molecule has 9 heavy (non-hydrogen) atoms. The zero-order valence-corrected chi connectivity index (χ0v) is 6.20. The van der Waals surface area contributed by atoms with E-state index in [-0.39, 0.29) is 5.91 Å². The monoisotopic (exact) mass is 146 g/mol. The third-order valence-corrected chi connectivity index (χ3v) is 2.02. The summed E-state index contributed by atoms with van der Waals surface area (Å²) in [7, 11) is 1.83. The van der Waals surface area contributed by atoms with Crippen LogP contribution in [0.15, 0.2) is 0 Å². The van der Waals surface area contributed by atoms with Crippen LogP contribution < -0.4 is 4.72 Å². The number of hydrogen-bond acceptors (Lipinski definition) is 3. The summed E-state index contributed by atoms with van der Waals surface area (Å²) in [5.74, 6) is 1.17. The smallest absolute Gasteiger partial charge is 0.237 e. The first kappa shape index (κ1) is 6.89. The van der Waals surface area contributed by atoms with Gasteiger partial charge in [-0.15, -0.1) is 0 Å². The van der Waals surface area contributed by atoms with E-state index in [0.29, 0.717) is 6.54 Å². The molecule has 0 aromatic carbocycles. The topological polar surface area (TPSA) is 32.3 Å². The van der Waals surface area contributed by atoms with E-state index < -0.39 is 0 Å². The van der Waals surface area contributed by atoms with Crippen LogP contribution in [0, 0.1) is 0 Å². The molecule has 1 aliphatic heterocycles. The standard InChI is InChI=1S/C5H10N2OS/c1-7-2-3-9-6-4-5(7)8/h6H,2-4H2,1H3. The SMILES string of the molecule is CN1CCSNCC1=O. The number of nitrogens with zero attached hydrogens (tertiary/aromatic N) is 1. The highest BCUT2D eigenvalue weighted by Crippen LogP contribution is 1.99. The van der Waals surface area contributed by atoms with E-state index in [0.717, 1.165) is 12.3 Å². The first-order chi connectivity index (χ1) is 4.30. The summed E-state index contributed by atoms with van der Waals surface area (Å²) in [6, 6.07) is 0. The molecule has 1 amide bonds. The summed E-state index contributed by atoms with van der Waals surface area (Å²) < 4.78 is 2.95. The van der Waals surface area contributed by atoms with E-state index in [1.807, 2.05) is 7.05 Å². The molecule has 0 spiro atoms. The second-order valence-corrected chi connectivity index (χ2v) is 2.97. The quantitative estimate of drug-likeness (QED) is 0.476. The Morgan fingerprint density at radius 3 is 3.33 bits per heavy atom. The lowest BCUT2D eigenvalue weighted by Gasteiger charge is -2.10. The summed E-state index contributed by atoms with van der Waals surface area (Å²) in [4.78, 5) is 12.6. The Bertz CT molecular complexity index is 118. The molecule has 0 aromatic rings. The van der Waals surface area contributed by atoms with Crippen LogP contribution in [0.4, 0.5) is 0 Å². The van der Waals surface area contributed by atoms with Gasteiger partial charge in [0.25, 0.3) is 0 Å². The van der Waals surface area contributed by atoms with Gasteiger partial charge in [-0.25, -0.2) is 0 Å². The molecule has 1 heterocycles. The van der Waals surface area contributed by atoms with Crippen molar-refractivity contribution in [2.75, 3.05) is 25.9 Å². The molecule has 1 rings (SSSR count). The van der Waals surface area contributed by atoms with E-state index in [2.05, 4.69) is 4.72 Å². The summed E-state index contributed by atoms with van der Waals surface area (Å²) in [5.41, 5.74) is 0. The average molecular weight is 146 g/mol. The summed E-state index contributed by atoms with van der Waals surface area (Å²) in [6.07, 6.45) is 0. The molecule has 4 heteroatoms. The molecule has 0 radical (unpaired) electrons. The fraction of sp³-hybridized carbons (Fsp3) is 0.800. The fourth-order valence-corrected chi connectivity index (χ4v) is 1.36. The Morgan fingerprint density at radius 2 is 2.56 bits per heavy atom. The van der Waals surface area contributed by atoms with Crippen molar-refractivity contribution in [2.45, 2.75) is 0 Å². The third kappa shape index (κ3) is 1.87. The molecule has 1 N–H and O–H groups in total. The first-order valence-electron chi connectivity index (χ1n) is 2.89. The maximum Gasteiger partial charge on any atom is 0.237 e. The van der Waals surface area contributed by atoms with Crippen molar-refractivity contribution in [1.29, 1.82) is 0 Å². The van der Waals surface area contributed by atoms with Gasteiger partial charge in [0.2, 0.25) is 5.91 Å². The van der Waals surface area contributed by atoms with Gasteiger partial charge in [-0.05, 0) is 0 Å². The van der Waals surface area contributed by atoms with Crippen molar-refractivity contribution in [3.63, 3.8) is 0 Å². The van der Waals surface area contributed by atoms with Crippen molar-refractivity contribution in [3.05, 3.63) is 0 Å². The largest absolute Gasteiger partial charge is 0.344 e. The van der Waals surface area contributed by atoms with Gasteiger partial charge in [0.15, 0.2) is 0 Å². The van der Waals surface area contributed by atoms with E-state index in [1.54, 1.807) is 16.8 Å². The molecule has 0 aliphatic carbocycles. The molecule has 0 bridgehead atoms. The van der Waals surface area contributed by atoms with E-state index in [4.69, 9.17) is 0 Å². The maximum atomic E-state index is 10.9. The Hall–Kier alpha value is -0.220. The number of rotatable bonds is 0. The van der Waals surface area contributed by atoms with Gasteiger partial charge in [0.05, 0.1) is 6.54 Å². The molecule has 3 nitrogen and oxygen atoms in total. The molecule has 0 unspecified atom stereocenters. The van der Waals surface area contributed by atoms with Gasteiger partial charge in [0.1, 0.15) is 0 Å². The van der Waals surface area contributed by atoms with Crippen LogP contribution in [-0.2, 0) is 4.79 Å². The summed E-state index contributed by atoms with van der Waals surface area (Å²) >= 11 is 1.61. The highest BCUT2D eigenvalue weighted by atomic mass is 32.2. The van der Waals surface area contributed by atoms with Gasteiger partial charge in [-0.3, -0.25) is 9.52 Å². The molecule has 0 aromatic heterocycles. The number of hydrogen-bond donors (Lipinski definition) is 1. The van der Waals surface area contributed by atoms with E-state index in [9.17, 15) is 4.79 Å². The molecule has 52 valence electrons. The lowest BCUT2D eigenvalue weighted by molar-refractivity contribution is -0.128. The van der Waals surface area contributed by atoms with Crippen LogP contribution in [0.2, 0.25) is 0 Å². The van der Waals surface area contributed by atoms with Gasteiger partial charge >= 0.3 is 0 Å². The summed E-state index contributed by atoms with van der Waals surface area (Å²) in [6.45, 7) is 1.33. The minimum atomic E-state index is 0.181. The second-order valence-electron chi connectivity index (χ2n) is 1.98. The Kier molecular flexibility index (Phi) is 2.36. The predicted molar refractivity (Wildman–Crippen MR) is 38.1 cm³/mol. The zero-order chi connectivity index (χ0) is 6.69. The zero-order valence-electron chi connectivity index (χ0n) is 5.39. The van der Waals surface area contributed by atoms with Crippen LogP contribution in [-0.4, -0.2) is 36.7 Å². The third-order valence-electron chi connectivity index (χ3n) is 1.28. The van der Waals surface area contributed by atoms with Crippen molar-refractivity contribution in [2.24, 2.45) is 0 Å². The average Bonchev–Trinajstić information content (AvgIpc) is 1.99. The van der Waals surface area contributed by atoms with Gasteiger partial charge in [-0.2, -0.15) is 0 Å². The van der Waals surface area contributed by atoms with Crippen molar-refractivity contribution in [3.8, 4) is 0 Å². The highest BCUT2D eigenvalue weighted by molar-refractivity contribution is 7.97. The molecule has 1 aliphatic rings. The van der Waals surface area contributed by atoms with Crippen molar-refractivity contribution >= 4 is 17.9 Å². The van der Waals surface area contributed by atoms with E-state index >= 15 is 0 Å². The fourth-order valence-electron chi connectivity index (χ4n) is 0.627. The number of carbonyl (C=O) groups is 1. The second kappa shape index (κ2) is 3.08. The summed E-state index contributed by atoms with van der Waals surface area (Å²) in [5, 5.41) is 0. The minimum Gasteiger partial charge on any atom is -0.344 e. The number of carbonyl (C=O) groups excluding carboxylic acids is 1. The van der Waals surface area contributed by atoms with E-state index in [1.165, 1.54) is 0 Å². The first-order valence-corrected chi connectivity index (χ1v) is 3.88. The number of nitrogens with one attached hydrogen (secondary N) is 1. The molecular formula is C5H10N2OS. The molecule has 1 saturated heterocycles. The predicted octanol–water partition coefficient (Wildman–Crippen LogP) is -0.304. The molecule has 1 fully saturated rings. The normalized spacial score (nSPS) is 21.9. The molecular weight excluding hydrogens is 136 g/mol. The Morgan fingerprint density at radius 1 is 1.78 bits per heavy atom. The van der Waals surface area contributed by atoms with Crippen LogP contribution >= 0.6 is 11.9 Å². The van der Waals surface area contributed by atoms with Crippen LogP contribution in [0.5, 0.6) is 0 Å². The van der Waals surface area contributed by atoms with Gasteiger partial charge in [-0.1, -0.05) is 11.9 Å². The molecule has 0 saturated carbocycles. The Balaban J connectivity index is 2.41. The van der Waals surface area contributed by atoms with Crippen LogP contribution in [0.25, 0.3) is 0 Å².